The minimum atomic E-state index is -4.58. The number of rotatable bonds is 39. The molecule has 0 aliphatic heterocycles. The molecule has 0 fully saturated rings. The number of aliphatic carboxylic acids is 1. The van der Waals surface area contributed by atoms with E-state index in [1.54, 1.807) is 13.8 Å². The Labute approximate surface area is 341 Å². The molecule has 0 amide bonds. The van der Waals surface area contributed by atoms with E-state index in [-0.39, 0.29) is 47.8 Å². The van der Waals surface area contributed by atoms with Crippen LogP contribution in [0.1, 0.15) is 207 Å². The van der Waals surface area contributed by atoms with E-state index in [9.17, 15) is 24.5 Å². The predicted molar refractivity (Wildman–Crippen MR) is 212 cm³/mol. The topological polar surface area (TPSA) is 142 Å². The number of hydrogen-bond acceptors (Lipinski definition) is 8. The van der Waals surface area contributed by atoms with Crippen molar-refractivity contribution in [1.29, 1.82) is 0 Å². The van der Waals surface area contributed by atoms with Crippen LogP contribution in [0.25, 0.3) is 0 Å². The van der Waals surface area contributed by atoms with Gasteiger partial charge in [0.15, 0.2) is 0 Å². The summed E-state index contributed by atoms with van der Waals surface area (Å²) in [4.78, 5) is 23.8. The first kappa shape index (κ1) is 54.0. The van der Waals surface area contributed by atoms with Gasteiger partial charge in [-0.3, -0.25) is 9.36 Å². The van der Waals surface area contributed by atoms with E-state index in [2.05, 4.69) is 13.8 Å². The zero-order valence-electron chi connectivity index (χ0n) is 34.0. The van der Waals surface area contributed by atoms with Crippen molar-refractivity contribution in [3.8, 4) is 0 Å². The monoisotopic (exact) mass is 774 g/mol. The summed E-state index contributed by atoms with van der Waals surface area (Å²) in [6.45, 7) is 7.56. The van der Waals surface area contributed by atoms with Gasteiger partial charge in [-0.1, -0.05) is 181 Å². The zero-order valence-corrected chi connectivity index (χ0v) is 37.7. The van der Waals surface area contributed by atoms with Crippen LogP contribution in [-0.4, -0.2) is 52.0 Å². The first-order valence-corrected chi connectivity index (χ1v) is 23.3. The summed E-state index contributed by atoms with van der Waals surface area (Å²) in [5.41, 5.74) is 5.74. The van der Waals surface area contributed by atoms with E-state index < -0.39 is 37.3 Å². The van der Waals surface area contributed by atoms with Crippen LogP contribution < -0.4 is 40.2 Å². The molecule has 0 bridgehead atoms. The van der Waals surface area contributed by atoms with Gasteiger partial charge in [0.2, 0.25) is 0 Å². The molecule has 0 aromatic heterocycles. The van der Waals surface area contributed by atoms with Gasteiger partial charge in [-0.2, -0.15) is 11.8 Å². The zero-order chi connectivity index (χ0) is 37.4. The molecule has 0 aromatic rings. The number of carbonyl (C=O) groups is 1. The molecule has 0 rings (SSSR count). The molecule has 300 valence electrons. The third kappa shape index (κ3) is 35.0. The summed E-state index contributed by atoms with van der Waals surface area (Å²) in [7, 11) is -4.58. The number of phosphoric acid groups is 1. The van der Waals surface area contributed by atoms with Crippen LogP contribution >= 0.6 is 19.6 Å². The van der Waals surface area contributed by atoms with Crippen molar-refractivity contribution in [2.75, 3.05) is 19.0 Å². The quantitative estimate of drug-likeness (QED) is 0.0319. The molecule has 0 radical (unpaired) electrons. The maximum Gasteiger partial charge on any atom is 1.00 e. The summed E-state index contributed by atoms with van der Waals surface area (Å²) in [6.07, 6.45) is 34.7. The number of carboxylic acid groups (broad SMARTS) is 1. The van der Waals surface area contributed by atoms with Crippen molar-refractivity contribution in [2.45, 2.75) is 224 Å². The second-order valence-corrected chi connectivity index (χ2v) is 18.4. The van der Waals surface area contributed by atoms with Gasteiger partial charge in [0.1, 0.15) is 6.04 Å². The van der Waals surface area contributed by atoms with E-state index in [1.165, 1.54) is 166 Å². The van der Waals surface area contributed by atoms with Crippen LogP contribution in [0, 0.1) is 5.92 Å². The average Bonchev–Trinajstić information content (AvgIpc) is 3.08. The molecule has 0 saturated heterocycles. The number of aliphatic hydroxyl groups excluding tert-OH is 1. The molecule has 11 heteroatoms. The third-order valence-electron chi connectivity index (χ3n) is 9.99. The number of aliphatic hydroxyl groups is 1. The maximum absolute atomic E-state index is 12.6. The van der Waals surface area contributed by atoms with Crippen molar-refractivity contribution in [1.82, 2.24) is 0 Å². The van der Waals surface area contributed by atoms with Gasteiger partial charge < -0.3 is 29.9 Å². The Morgan fingerprint density at radius 1 is 0.667 bits per heavy atom. The van der Waals surface area contributed by atoms with Gasteiger partial charge in [-0.05, 0) is 32.6 Å². The molecule has 0 aliphatic carbocycles. The van der Waals surface area contributed by atoms with Crippen molar-refractivity contribution in [3.63, 3.8) is 0 Å². The molecule has 0 aromatic carbocycles. The number of carboxylic acids is 1. The molecule has 0 spiro atoms. The van der Waals surface area contributed by atoms with Crippen molar-refractivity contribution >= 4 is 25.6 Å². The number of hydrogen-bond donors (Lipinski definition) is 3. The SMILES string of the molecule is CCCCCCCCCCCCCCCCC(CCCCCCCCCCCCCC)COP(=O)([O-])OCC(O)CSC(C)(C)C(N)C(=O)O.[Na+]. The number of nitrogens with two attached hydrogens (primary N) is 1. The fourth-order valence-corrected chi connectivity index (χ4v) is 8.19. The van der Waals surface area contributed by atoms with E-state index in [4.69, 9.17) is 14.8 Å². The fourth-order valence-electron chi connectivity index (χ4n) is 6.37. The van der Waals surface area contributed by atoms with Crippen LogP contribution in [0.5, 0.6) is 0 Å². The Kier molecular flexibility index (Phi) is 38.6. The molecule has 8 nitrogen and oxygen atoms in total. The molecule has 0 aliphatic rings. The van der Waals surface area contributed by atoms with Crippen LogP contribution in [0.2, 0.25) is 0 Å². The Balaban J connectivity index is 0. The van der Waals surface area contributed by atoms with Crippen molar-refractivity contribution in [2.24, 2.45) is 11.7 Å². The predicted octanol–water partition coefficient (Wildman–Crippen LogP) is 8.36. The molecular formula is C40H81NNaO7PS. The average molecular weight is 774 g/mol. The Morgan fingerprint density at radius 3 is 1.31 bits per heavy atom. The molecule has 0 saturated carbocycles. The summed E-state index contributed by atoms with van der Waals surface area (Å²) < 4.78 is 22.1. The Hall–Kier alpha value is 0.850. The fraction of sp³-hybridized carbons (Fsp3) is 0.975. The van der Waals surface area contributed by atoms with Crippen LogP contribution in [0.15, 0.2) is 0 Å². The van der Waals surface area contributed by atoms with Gasteiger partial charge in [0.25, 0.3) is 7.82 Å². The molecule has 4 atom stereocenters. The van der Waals surface area contributed by atoms with Gasteiger partial charge in [0, 0.05) is 10.5 Å². The molecule has 4 N–H and O–H groups in total. The summed E-state index contributed by atoms with van der Waals surface area (Å²) >= 11 is 1.17. The minimum absolute atomic E-state index is 0. The number of phosphoric ester groups is 1. The van der Waals surface area contributed by atoms with E-state index in [1.807, 2.05) is 0 Å². The minimum Gasteiger partial charge on any atom is -0.756 e. The van der Waals surface area contributed by atoms with E-state index >= 15 is 0 Å². The standard InChI is InChI=1S/C40H82NO7PS.Na/c1-5-7-9-11-13-15-17-19-20-22-24-26-28-30-32-36(31-29-27-25-23-21-18-16-14-12-10-8-6-2)33-47-49(45,46)48-34-37(42)35-50-40(3,4)38(41)39(43)44;/h36-38,42H,5-35,41H2,1-4H3,(H,43,44)(H,45,46);/q;+1/p-1. The van der Waals surface area contributed by atoms with Gasteiger partial charge in [-0.25, -0.2) is 0 Å². The summed E-state index contributed by atoms with van der Waals surface area (Å²) in [5, 5.41) is 19.5. The van der Waals surface area contributed by atoms with Crippen molar-refractivity contribution < 1.29 is 63.1 Å². The first-order valence-electron chi connectivity index (χ1n) is 20.9. The van der Waals surface area contributed by atoms with E-state index in [0.29, 0.717) is 0 Å². The molecule has 0 heterocycles. The maximum atomic E-state index is 12.6. The third-order valence-corrected chi connectivity index (χ3v) is 12.5. The van der Waals surface area contributed by atoms with Crippen LogP contribution in [-0.2, 0) is 18.4 Å². The van der Waals surface area contributed by atoms with Crippen molar-refractivity contribution in [3.05, 3.63) is 0 Å². The Bertz CT molecular complexity index is 826. The largest absolute Gasteiger partial charge is 1.00 e. The van der Waals surface area contributed by atoms with Gasteiger partial charge >= 0.3 is 35.5 Å². The molecule has 51 heavy (non-hydrogen) atoms. The second kappa shape index (κ2) is 36.5. The summed E-state index contributed by atoms with van der Waals surface area (Å²) in [5.74, 6) is -0.868. The Morgan fingerprint density at radius 2 is 0.980 bits per heavy atom. The normalized spacial score (nSPS) is 14.9. The van der Waals surface area contributed by atoms with Gasteiger partial charge in [0.05, 0.1) is 19.3 Å². The first-order chi connectivity index (χ1) is 23.9. The second-order valence-electron chi connectivity index (χ2n) is 15.4. The van der Waals surface area contributed by atoms with Gasteiger partial charge in [-0.15, -0.1) is 0 Å². The number of unbranched alkanes of at least 4 members (excludes halogenated alkanes) is 24. The van der Waals surface area contributed by atoms with Crippen LogP contribution in [0.3, 0.4) is 0 Å². The van der Waals surface area contributed by atoms with E-state index in [0.717, 1.165) is 25.7 Å². The molecular weight excluding hydrogens is 692 g/mol. The summed E-state index contributed by atoms with van der Waals surface area (Å²) in [6, 6.07) is -1.11. The molecule has 4 unspecified atom stereocenters. The number of thioether (sulfide) groups is 1. The smallest absolute Gasteiger partial charge is 0.756 e. The van der Waals surface area contributed by atoms with Crippen LogP contribution in [0.4, 0.5) is 0 Å².